The predicted molar refractivity (Wildman–Crippen MR) is 121 cm³/mol. The minimum atomic E-state index is -0.481. The lowest BCUT2D eigenvalue weighted by atomic mass is 9.73. The van der Waals surface area contributed by atoms with Crippen LogP contribution >= 0.6 is 0 Å². The van der Waals surface area contributed by atoms with Crippen LogP contribution in [-0.4, -0.2) is 70.2 Å². The smallest absolute Gasteiger partial charge is 0.233 e. The van der Waals surface area contributed by atoms with E-state index in [1.807, 2.05) is 54.4 Å². The van der Waals surface area contributed by atoms with Crippen molar-refractivity contribution in [2.45, 2.75) is 25.2 Å². The third-order valence-corrected chi connectivity index (χ3v) is 6.57. The normalized spacial score (nSPS) is 18.5. The molecule has 8 heteroatoms. The summed E-state index contributed by atoms with van der Waals surface area (Å²) in [4.78, 5) is 17.9. The van der Waals surface area contributed by atoms with Gasteiger partial charge in [0.2, 0.25) is 5.91 Å². The largest absolute Gasteiger partial charge is 0.381 e. The van der Waals surface area contributed by atoms with Gasteiger partial charge in [0, 0.05) is 45.6 Å². The molecule has 8 nitrogen and oxygen atoms in total. The average Bonchev–Trinajstić information content (AvgIpc) is 3.31. The van der Waals surface area contributed by atoms with E-state index in [4.69, 9.17) is 4.74 Å². The van der Waals surface area contributed by atoms with Gasteiger partial charge in [-0.3, -0.25) is 4.79 Å². The Kier molecular flexibility index (Phi) is 5.61. The maximum absolute atomic E-state index is 13.7. The highest BCUT2D eigenvalue weighted by atomic mass is 16.5. The zero-order valence-electron chi connectivity index (χ0n) is 18.4. The molecule has 0 saturated carbocycles. The number of nitrogens with zero attached hydrogens (tertiary/aromatic N) is 6. The molecular weight excluding hydrogens is 404 g/mol. The van der Waals surface area contributed by atoms with Crippen molar-refractivity contribution in [2.24, 2.45) is 0 Å². The minimum Gasteiger partial charge on any atom is -0.381 e. The van der Waals surface area contributed by atoms with Crippen molar-refractivity contribution >= 4 is 11.7 Å². The number of anilines is 1. The molecule has 1 amide bonds. The van der Waals surface area contributed by atoms with Gasteiger partial charge in [-0.1, -0.05) is 30.3 Å². The van der Waals surface area contributed by atoms with Gasteiger partial charge in [0.1, 0.15) is 0 Å². The Morgan fingerprint density at radius 2 is 1.59 bits per heavy atom. The number of carbonyl (C=O) groups is 1. The molecule has 0 unspecified atom stereocenters. The van der Waals surface area contributed by atoms with E-state index in [9.17, 15) is 4.79 Å². The van der Waals surface area contributed by atoms with Crippen LogP contribution in [-0.2, 0) is 14.9 Å². The summed E-state index contributed by atoms with van der Waals surface area (Å²) in [6, 6.07) is 16.0. The molecule has 1 aromatic carbocycles. The van der Waals surface area contributed by atoms with Gasteiger partial charge in [-0.2, -0.15) is 5.10 Å². The molecule has 0 bridgehead atoms. The summed E-state index contributed by atoms with van der Waals surface area (Å²) in [5, 5.41) is 13.1. The highest BCUT2D eigenvalue weighted by Crippen LogP contribution is 2.37. The molecule has 2 aromatic heterocycles. The second-order valence-corrected chi connectivity index (χ2v) is 8.49. The maximum atomic E-state index is 13.7. The average molecular weight is 433 g/mol. The lowest BCUT2D eigenvalue weighted by molar-refractivity contribution is -0.141. The molecule has 2 saturated heterocycles. The molecular formula is C24H28N6O2. The quantitative estimate of drug-likeness (QED) is 0.630. The standard InChI is InChI=1S/C24H28N6O2/c1-19-9-12-30(27-19)22-8-7-21(25-26-22)28-13-15-29(16-14-28)23(31)24(10-17-32-18-11-24)20-5-3-2-4-6-20/h2-9,12H,10-11,13-18H2,1H3. The first-order chi connectivity index (χ1) is 15.7. The molecule has 4 heterocycles. The molecule has 0 aliphatic carbocycles. The van der Waals surface area contributed by atoms with Crippen molar-refractivity contribution in [3.8, 4) is 5.82 Å². The van der Waals surface area contributed by atoms with E-state index in [0.29, 0.717) is 32.1 Å². The summed E-state index contributed by atoms with van der Waals surface area (Å²) < 4.78 is 7.32. The van der Waals surface area contributed by atoms with Crippen molar-refractivity contribution in [1.82, 2.24) is 24.9 Å². The van der Waals surface area contributed by atoms with Gasteiger partial charge in [-0.05, 0) is 43.5 Å². The topological polar surface area (TPSA) is 76.4 Å². The first-order valence-corrected chi connectivity index (χ1v) is 11.2. The van der Waals surface area contributed by atoms with Crippen LogP contribution in [0.15, 0.2) is 54.7 Å². The molecule has 2 aliphatic heterocycles. The fourth-order valence-corrected chi connectivity index (χ4v) is 4.70. The van der Waals surface area contributed by atoms with E-state index in [1.165, 1.54) is 0 Å². The van der Waals surface area contributed by atoms with Crippen LogP contribution in [0.1, 0.15) is 24.1 Å². The van der Waals surface area contributed by atoms with E-state index in [2.05, 4.69) is 32.3 Å². The van der Waals surface area contributed by atoms with Crippen LogP contribution < -0.4 is 4.90 Å². The molecule has 0 radical (unpaired) electrons. The molecule has 166 valence electrons. The zero-order valence-corrected chi connectivity index (χ0v) is 18.4. The molecule has 0 spiro atoms. The van der Waals surface area contributed by atoms with Gasteiger partial charge in [-0.25, -0.2) is 4.68 Å². The summed E-state index contributed by atoms with van der Waals surface area (Å²) >= 11 is 0. The van der Waals surface area contributed by atoms with Gasteiger partial charge < -0.3 is 14.5 Å². The van der Waals surface area contributed by atoms with Gasteiger partial charge in [-0.15, -0.1) is 10.2 Å². The lowest BCUT2D eigenvalue weighted by Crippen LogP contribution is -2.56. The van der Waals surface area contributed by atoms with Crippen molar-refractivity contribution in [1.29, 1.82) is 0 Å². The number of rotatable bonds is 4. The third kappa shape index (κ3) is 3.86. The van der Waals surface area contributed by atoms with E-state index in [0.717, 1.165) is 43.0 Å². The molecule has 5 rings (SSSR count). The molecule has 0 atom stereocenters. The highest BCUT2D eigenvalue weighted by molar-refractivity contribution is 5.88. The van der Waals surface area contributed by atoms with E-state index >= 15 is 0 Å². The van der Waals surface area contributed by atoms with Crippen LogP contribution in [0.25, 0.3) is 5.82 Å². The predicted octanol–water partition coefficient (Wildman–Crippen LogP) is 2.37. The Bertz CT molecular complexity index is 1050. The van der Waals surface area contributed by atoms with Crippen molar-refractivity contribution in [3.63, 3.8) is 0 Å². The molecule has 0 N–H and O–H groups in total. The summed E-state index contributed by atoms with van der Waals surface area (Å²) in [5.74, 6) is 1.75. The molecule has 2 aliphatic rings. The number of aromatic nitrogens is 4. The van der Waals surface area contributed by atoms with E-state index in [-0.39, 0.29) is 5.91 Å². The number of hydrogen-bond donors (Lipinski definition) is 0. The van der Waals surface area contributed by atoms with Crippen LogP contribution in [0.4, 0.5) is 5.82 Å². The number of carbonyl (C=O) groups excluding carboxylic acids is 1. The summed E-state index contributed by atoms with van der Waals surface area (Å²) in [6.07, 6.45) is 3.34. The summed E-state index contributed by atoms with van der Waals surface area (Å²) in [5.41, 5.74) is 1.56. The molecule has 3 aromatic rings. The Morgan fingerprint density at radius 3 is 2.22 bits per heavy atom. The monoisotopic (exact) mass is 432 g/mol. The maximum Gasteiger partial charge on any atom is 0.233 e. The van der Waals surface area contributed by atoms with Gasteiger partial charge in [0.25, 0.3) is 0 Å². The van der Waals surface area contributed by atoms with Gasteiger partial charge >= 0.3 is 0 Å². The number of piperazine rings is 1. The minimum absolute atomic E-state index is 0.224. The third-order valence-electron chi connectivity index (χ3n) is 6.57. The van der Waals surface area contributed by atoms with Gasteiger partial charge in [0.05, 0.1) is 11.1 Å². The van der Waals surface area contributed by atoms with Crippen LogP contribution in [0.2, 0.25) is 0 Å². The number of benzene rings is 1. The fourth-order valence-electron chi connectivity index (χ4n) is 4.70. The van der Waals surface area contributed by atoms with Crippen LogP contribution in [0.5, 0.6) is 0 Å². The Hall–Kier alpha value is -3.26. The van der Waals surface area contributed by atoms with Crippen molar-refractivity contribution < 1.29 is 9.53 Å². The van der Waals surface area contributed by atoms with Crippen LogP contribution in [0.3, 0.4) is 0 Å². The second-order valence-electron chi connectivity index (χ2n) is 8.49. The number of hydrogen-bond acceptors (Lipinski definition) is 6. The van der Waals surface area contributed by atoms with Crippen molar-refractivity contribution in [2.75, 3.05) is 44.3 Å². The number of amides is 1. The first kappa shape index (κ1) is 20.6. The van der Waals surface area contributed by atoms with E-state index in [1.54, 1.807) is 4.68 Å². The Labute approximate surface area is 187 Å². The SMILES string of the molecule is Cc1ccn(-c2ccc(N3CCN(C(=O)C4(c5ccccc5)CCOCC4)CC3)nn2)n1. The Morgan fingerprint density at radius 1 is 0.906 bits per heavy atom. The number of ether oxygens (including phenoxy) is 1. The van der Waals surface area contributed by atoms with Gasteiger partial charge in [0.15, 0.2) is 11.6 Å². The summed E-state index contributed by atoms with van der Waals surface area (Å²) in [7, 11) is 0. The molecule has 32 heavy (non-hydrogen) atoms. The highest BCUT2D eigenvalue weighted by Gasteiger charge is 2.44. The second kappa shape index (κ2) is 8.70. The van der Waals surface area contributed by atoms with E-state index < -0.39 is 5.41 Å². The molecule has 2 fully saturated rings. The number of aryl methyl sites for hydroxylation is 1. The zero-order chi connectivity index (χ0) is 22.0. The summed E-state index contributed by atoms with van der Waals surface area (Å²) in [6.45, 7) is 6.02. The fraction of sp³-hybridized carbons (Fsp3) is 0.417. The first-order valence-electron chi connectivity index (χ1n) is 11.2. The van der Waals surface area contributed by atoms with Crippen LogP contribution in [0, 0.1) is 6.92 Å². The lowest BCUT2D eigenvalue weighted by Gasteiger charge is -2.43. The van der Waals surface area contributed by atoms with Crippen molar-refractivity contribution in [3.05, 3.63) is 66.0 Å². The Balaban J connectivity index is 1.27.